The molecule has 1 aromatic carbocycles. The van der Waals surface area contributed by atoms with E-state index in [1.165, 1.54) is 5.56 Å². The first-order valence-electron chi connectivity index (χ1n) is 6.49. The summed E-state index contributed by atoms with van der Waals surface area (Å²) in [5, 5.41) is 0.635. The zero-order chi connectivity index (χ0) is 12.8. The molecule has 1 aromatic rings. The fourth-order valence-corrected chi connectivity index (χ4v) is 2.93. The smallest absolute Gasteiger partial charge is 0.179 e. The number of rotatable bonds is 2. The standard InChI is InChI=1S/C14H18ClNO2/c1-9(16)14(3-4-14)10-7-11(15)13-12(8-10)17-5-2-6-18-13/h7-9H,2-6,16H2,1H3. The van der Waals surface area contributed by atoms with Crippen LogP contribution in [0.2, 0.25) is 5.02 Å². The minimum Gasteiger partial charge on any atom is -0.489 e. The zero-order valence-electron chi connectivity index (χ0n) is 10.5. The fraction of sp³-hybridized carbons (Fsp3) is 0.571. The Hall–Kier alpha value is -0.930. The number of nitrogens with two attached hydrogens (primary N) is 1. The average molecular weight is 268 g/mol. The molecule has 0 bridgehead atoms. The molecule has 0 aromatic heterocycles. The van der Waals surface area contributed by atoms with Crippen molar-refractivity contribution in [3.8, 4) is 11.5 Å². The van der Waals surface area contributed by atoms with Crippen LogP contribution in [0.3, 0.4) is 0 Å². The molecule has 1 aliphatic carbocycles. The Bertz CT molecular complexity index is 469. The maximum absolute atomic E-state index is 6.31. The van der Waals surface area contributed by atoms with Crippen LogP contribution in [0.4, 0.5) is 0 Å². The summed E-state index contributed by atoms with van der Waals surface area (Å²) in [4.78, 5) is 0. The van der Waals surface area contributed by atoms with Crippen molar-refractivity contribution >= 4 is 11.6 Å². The molecule has 3 nitrogen and oxygen atoms in total. The molecule has 0 amide bonds. The van der Waals surface area contributed by atoms with Crippen molar-refractivity contribution in [1.82, 2.24) is 0 Å². The van der Waals surface area contributed by atoms with Gasteiger partial charge in [-0.05, 0) is 37.5 Å². The summed E-state index contributed by atoms with van der Waals surface area (Å²) < 4.78 is 11.4. The van der Waals surface area contributed by atoms with E-state index in [4.69, 9.17) is 26.8 Å². The first-order valence-corrected chi connectivity index (χ1v) is 6.86. The van der Waals surface area contributed by atoms with Crippen LogP contribution < -0.4 is 15.2 Å². The predicted molar refractivity (Wildman–Crippen MR) is 71.6 cm³/mol. The molecule has 2 N–H and O–H groups in total. The molecule has 1 fully saturated rings. The van der Waals surface area contributed by atoms with Crippen LogP contribution in [0, 0.1) is 0 Å². The minimum atomic E-state index is 0.0916. The van der Waals surface area contributed by atoms with Gasteiger partial charge in [0.2, 0.25) is 0 Å². The predicted octanol–water partition coefficient (Wildman–Crippen LogP) is 2.88. The summed E-state index contributed by atoms with van der Waals surface area (Å²) in [6.45, 7) is 3.40. The Morgan fingerprint density at radius 1 is 1.28 bits per heavy atom. The molecule has 0 radical (unpaired) electrons. The van der Waals surface area contributed by atoms with Gasteiger partial charge in [-0.3, -0.25) is 0 Å². The Labute approximate surface area is 112 Å². The second kappa shape index (κ2) is 4.32. The fourth-order valence-electron chi connectivity index (χ4n) is 2.66. The molecule has 1 saturated carbocycles. The Kier molecular flexibility index (Phi) is 2.91. The van der Waals surface area contributed by atoms with Gasteiger partial charge in [0.15, 0.2) is 11.5 Å². The van der Waals surface area contributed by atoms with Crippen LogP contribution in [-0.4, -0.2) is 19.3 Å². The van der Waals surface area contributed by atoms with Crippen molar-refractivity contribution in [3.05, 3.63) is 22.7 Å². The van der Waals surface area contributed by atoms with E-state index < -0.39 is 0 Å². The number of fused-ring (bicyclic) bond motifs is 1. The van der Waals surface area contributed by atoms with Gasteiger partial charge in [-0.25, -0.2) is 0 Å². The van der Waals surface area contributed by atoms with Crippen molar-refractivity contribution in [2.24, 2.45) is 5.73 Å². The van der Waals surface area contributed by atoms with E-state index in [9.17, 15) is 0 Å². The summed E-state index contributed by atoms with van der Waals surface area (Å²) in [7, 11) is 0. The van der Waals surface area contributed by atoms with Crippen molar-refractivity contribution < 1.29 is 9.47 Å². The highest BCUT2D eigenvalue weighted by Gasteiger charge is 2.48. The Balaban J connectivity index is 2.03. The first kappa shape index (κ1) is 12.1. The van der Waals surface area contributed by atoms with Gasteiger partial charge < -0.3 is 15.2 Å². The molecule has 1 atom stereocenters. The summed E-state index contributed by atoms with van der Waals surface area (Å²) in [5.74, 6) is 1.44. The molecule has 2 aliphatic rings. The number of hydrogen-bond acceptors (Lipinski definition) is 3. The van der Waals surface area contributed by atoms with Gasteiger partial charge in [-0.2, -0.15) is 0 Å². The second-order valence-corrected chi connectivity index (χ2v) is 5.69. The van der Waals surface area contributed by atoms with Crippen LogP contribution in [0.15, 0.2) is 12.1 Å². The highest BCUT2D eigenvalue weighted by Crippen LogP contribution is 2.53. The van der Waals surface area contributed by atoms with Crippen molar-refractivity contribution in [3.63, 3.8) is 0 Å². The van der Waals surface area contributed by atoms with E-state index in [1.54, 1.807) is 0 Å². The lowest BCUT2D eigenvalue weighted by molar-refractivity contribution is 0.297. The molecule has 4 heteroatoms. The first-order chi connectivity index (χ1) is 8.63. The molecule has 18 heavy (non-hydrogen) atoms. The third kappa shape index (κ3) is 1.86. The lowest BCUT2D eigenvalue weighted by Crippen LogP contribution is -2.31. The van der Waals surface area contributed by atoms with Gasteiger partial charge in [-0.1, -0.05) is 11.6 Å². The Morgan fingerprint density at radius 2 is 2.00 bits per heavy atom. The SMILES string of the molecule is CC(N)C1(c2cc(Cl)c3c(c2)OCCCO3)CC1. The molecule has 1 unspecified atom stereocenters. The van der Waals surface area contributed by atoms with Crippen molar-refractivity contribution in [2.45, 2.75) is 37.6 Å². The zero-order valence-corrected chi connectivity index (χ0v) is 11.3. The van der Waals surface area contributed by atoms with E-state index in [0.717, 1.165) is 25.0 Å². The van der Waals surface area contributed by atoms with Gasteiger partial charge in [0, 0.05) is 17.9 Å². The van der Waals surface area contributed by atoms with Crippen LogP contribution in [0.25, 0.3) is 0 Å². The van der Waals surface area contributed by atoms with E-state index >= 15 is 0 Å². The molecule has 0 spiro atoms. The second-order valence-electron chi connectivity index (χ2n) is 5.28. The Morgan fingerprint density at radius 3 is 2.67 bits per heavy atom. The molecule has 3 rings (SSSR count). The van der Waals surface area contributed by atoms with Gasteiger partial charge in [0.1, 0.15) is 0 Å². The van der Waals surface area contributed by atoms with Gasteiger partial charge in [0.25, 0.3) is 0 Å². The lowest BCUT2D eigenvalue weighted by atomic mass is 9.89. The van der Waals surface area contributed by atoms with Crippen LogP contribution in [0.1, 0.15) is 31.7 Å². The maximum Gasteiger partial charge on any atom is 0.179 e. The molecule has 1 aliphatic heterocycles. The number of hydrogen-bond donors (Lipinski definition) is 1. The van der Waals surface area contributed by atoms with Crippen molar-refractivity contribution in [2.75, 3.05) is 13.2 Å². The van der Waals surface area contributed by atoms with Crippen molar-refractivity contribution in [1.29, 1.82) is 0 Å². The highest BCUT2D eigenvalue weighted by atomic mass is 35.5. The minimum absolute atomic E-state index is 0.0916. The van der Waals surface area contributed by atoms with Gasteiger partial charge >= 0.3 is 0 Å². The summed E-state index contributed by atoms with van der Waals surface area (Å²) in [6, 6.07) is 4.19. The number of ether oxygens (including phenoxy) is 2. The number of benzene rings is 1. The van der Waals surface area contributed by atoms with E-state index in [0.29, 0.717) is 24.0 Å². The van der Waals surface area contributed by atoms with E-state index in [2.05, 4.69) is 13.0 Å². The summed E-state index contributed by atoms with van der Waals surface area (Å²) in [6.07, 6.45) is 3.14. The van der Waals surface area contributed by atoms with Crippen LogP contribution in [-0.2, 0) is 5.41 Å². The summed E-state index contributed by atoms with van der Waals surface area (Å²) in [5.41, 5.74) is 7.38. The van der Waals surface area contributed by atoms with Crippen LogP contribution in [0.5, 0.6) is 11.5 Å². The maximum atomic E-state index is 6.31. The summed E-state index contributed by atoms with van der Waals surface area (Å²) >= 11 is 6.31. The monoisotopic (exact) mass is 267 g/mol. The van der Waals surface area contributed by atoms with E-state index in [1.807, 2.05) is 6.07 Å². The quantitative estimate of drug-likeness (QED) is 0.896. The normalized spacial score (nSPS) is 22.2. The highest BCUT2D eigenvalue weighted by molar-refractivity contribution is 6.32. The topological polar surface area (TPSA) is 44.5 Å². The van der Waals surface area contributed by atoms with Crippen LogP contribution >= 0.6 is 11.6 Å². The molecule has 0 saturated heterocycles. The van der Waals surface area contributed by atoms with Gasteiger partial charge in [-0.15, -0.1) is 0 Å². The lowest BCUT2D eigenvalue weighted by Gasteiger charge is -2.22. The number of halogens is 1. The molecular formula is C14H18ClNO2. The third-order valence-corrected chi connectivity index (χ3v) is 4.32. The average Bonchev–Trinajstić information content (AvgIpc) is 3.13. The molecule has 1 heterocycles. The van der Waals surface area contributed by atoms with E-state index in [-0.39, 0.29) is 11.5 Å². The largest absolute Gasteiger partial charge is 0.489 e. The molecular weight excluding hydrogens is 250 g/mol. The third-order valence-electron chi connectivity index (χ3n) is 4.04. The van der Waals surface area contributed by atoms with Gasteiger partial charge in [0.05, 0.1) is 18.2 Å². The molecule has 98 valence electrons.